The molecule has 0 bridgehead atoms. The molecular formula is C11H9ClN4O4S. The van der Waals surface area contributed by atoms with Crippen LogP contribution in [-0.4, -0.2) is 23.3 Å². The number of aromatic nitrogens is 2. The van der Waals surface area contributed by atoms with E-state index < -0.39 is 20.6 Å². The number of hydrogen-bond acceptors (Lipinski definition) is 6. The Hall–Kier alpha value is -2.26. The second-order valence-electron chi connectivity index (χ2n) is 4.02. The van der Waals surface area contributed by atoms with Gasteiger partial charge in [0.2, 0.25) is 0 Å². The number of hydrogen-bond donors (Lipinski definition) is 1. The molecule has 110 valence electrons. The molecule has 8 nitrogen and oxygen atoms in total. The van der Waals surface area contributed by atoms with Gasteiger partial charge in [0.1, 0.15) is 5.02 Å². The lowest BCUT2D eigenvalue weighted by Crippen LogP contribution is -2.15. The van der Waals surface area contributed by atoms with Gasteiger partial charge in [0, 0.05) is 18.5 Å². The normalized spacial score (nSPS) is 11.1. The summed E-state index contributed by atoms with van der Waals surface area (Å²) in [7, 11) is -4.03. The standard InChI is InChI=1S/C11H9ClN4O4S/c1-7-4-8(12)9(16(17)18)5-10(7)21(19,20)15-11-6-13-2-3-14-11/h2-6H,1H3,(H,14,15). The summed E-state index contributed by atoms with van der Waals surface area (Å²) in [6, 6.07) is 2.14. The first kappa shape index (κ1) is 15.1. The zero-order valence-corrected chi connectivity index (χ0v) is 12.2. The van der Waals surface area contributed by atoms with Crippen LogP contribution in [0.4, 0.5) is 11.5 Å². The van der Waals surface area contributed by atoms with Gasteiger partial charge in [-0.1, -0.05) is 11.6 Å². The van der Waals surface area contributed by atoms with Crippen LogP contribution in [0, 0.1) is 17.0 Å². The maximum absolute atomic E-state index is 12.3. The SMILES string of the molecule is Cc1cc(Cl)c([N+](=O)[O-])cc1S(=O)(=O)Nc1cnccn1. The number of nitrogens with zero attached hydrogens (tertiary/aromatic N) is 3. The first-order chi connectivity index (χ1) is 9.81. The lowest BCUT2D eigenvalue weighted by atomic mass is 10.2. The minimum absolute atomic E-state index is 0.00880. The van der Waals surface area contributed by atoms with Crippen LogP contribution in [0.5, 0.6) is 0 Å². The highest BCUT2D eigenvalue weighted by Gasteiger charge is 2.23. The summed E-state index contributed by atoms with van der Waals surface area (Å²) in [5.41, 5.74) is -0.205. The van der Waals surface area contributed by atoms with E-state index in [0.29, 0.717) is 0 Å². The van der Waals surface area contributed by atoms with Gasteiger partial charge in [0.25, 0.3) is 15.7 Å². The quantitative estimate of drug-likeness (QED) is 0.679. The number of nitro groups is 1. The molecule has 0 radical (unpaired) electrons. The van der Waals surface area contributed by atoms with Gasteiger partial charge in [0.15, 0.2) is 5.82 Å². The van der Waals surface area contributed by atoms with E-state index in [2.05, 4.69) is 14.7 Å². The van der Waals surface area contributed by atoms with Crippen molar-refractivity contribution in [2.45, 2.75) is 11.8 Å². The molecule has 0 aliphatic rings. The van der Waals surface area contributed by atoms with Gasteiger partial charge in [-0.15, -0.1) is 0 Å². The number of sulfonamides is 1. The average Bonchev–Trinajstić information content (AvgIpc) is 2.38. The fraction of sp³-hybridized carbons (Fsp3) is 0.0909. The maximum atomic E-state index is 12.3. The molecule has 10 heteroatoms. The molecule has 0 aliphatic carbocycles. The molecular weight excluding hydrogens is 320 g/mol. The molecule has 0 unspecified atom stereocenters. The van der Waals surface area contributed by atoms with E-state index in [-0.39, 0.29) is 21.3 Å². The molecule has 0 amide bonds. The Morgan fingerprint density at radius 3 is 2.62 bits per heavy atom. The topological polar surface area (TPSA) is 115 Å². The number of aryl methyl sites for hydroxylation is 1. The first-order valence-electron chi connectivity index (χ1n) is 5.54. The molecule has 2 aromatic rings. The molecule has 21 heavy (non-hydrogen) atoms. The summed E-state index contributed by atoms with van der Waals surface area (Å²) >= 11 is 5.73. The van der Waals surface area contributed by atoms with E-state index in [0.717, 1.165) is 6.07 Å². The van der Waals surface area contributed by atoms with Crippen LogP contribution in [0.15, 0.2) is 35.6 Å². The van der Waals surface area contributed by atoms with Gasteiger partial charge in [0.05, 0.1) is 16.0 Å². The minimum atomic E-state index is -4.03. The van der Waals surface area contributed by atoms with Gasteiger partial charge in [-0.3, -0.25) is 19.8 Å². The van der Waals surface area contributed by atoms with Crippen LogP contribution in [0.3, 0.4) is 0 Å². The fourth-order valence-corrected chi connectivity index (χ4v) is 3.14. The third-order valence-corrected chi connectivity index (χ3v) is 4.33. The Morgan fingerprint density at radius 1 is 1.33 bits per heavy atom. The molecule has 1 aromatic heterocycles. The largest absolute Gasteiger partial charge is 0.289 e. The minimum Gasteiger partial charge on any atom is -0.262 e. The van der Waals surface area contributed by atoms with Crippen LogP contribution >= 0.6 is 11.6 Å². The average molecular weight is 329 g/mol. The second kappa shape index (κ2) is 5.62. The van der Waals surface area contributed by atoms with E-state index in [1.807, 2.05) is 0 Å². The molecule has 1 N–H and O–H groups in total. The van der Waals surface area contributed by atoms with Crippen molar-refractivity contribution >= 4 is 33.1 Å². The number of rotatable bonds is 4. The molecule has 0 aliphatic heterocycles. The van der Waals surface area contributed by atoms with Crippen molar-refractivity contribution in [1.82, 2.24) is 9.97 Å². The Morgan fingerprint density at radius 2 is 2.05 bits per heavy atom. The van der Waals surface area contributed by atoms with Crippen molar-refractivity contribution in [1.29, 1.82) is 0 Å². The van der Waals surface area contributed by atoms with Crippen molar-refractivity contribution in [2.75, 3.05) is 4.72 Å². The molecule has 0 fully saturated rings. The molecule has 1 aromatic carbocycles. The summed E-state index contributed by atoms with van der Waals surface area (Å²) in [5.74, 6) is 0.00880. The lowest BCUT2D eigenvalue weighted by Gasteiger charge is -2.09. The smallest absolute Gasteiger partial charge is 0.262 e. The first-order valence-corrected chi connectivity index (χ1v) is 7.41. The molecule has 1 heterocycles. The van der Waals surface area contributed by atoms with Gasteiger partial charge >= 0.3 is 0 Å². The molecule has 0 saturated heterocycles. The van der Waals surface area contributed by atoms with Crippen LogP contribution in [0.25, 0.3) is 0 Å². The fourth-order valence-electron chi connectivity index (χ4n) is 1.62. The Bertz CT molecular complexity index is 795. The lowest BCUT2D eigenvalue weighted by molar-refractivity contribution is -0.384. The third kappa shape index (κ3) is 3.26. The summed E-state index contributed by atoms with van der Waals surface area (Å²) in [6.07, 6.45) is 3.92. The van der Waals surface area contributed by atoms with Crippen molar-refractivity contribution in [3.63, 3.8) is 0 Å². The number of nitrogens with one attached hydrogen (secondary N) is 1. The Balaban J connectivity index is 2.50. The molecule has 2 rings (SSSR count). The van der Waals surface area contributed by atoms with Gasteiger partial charge in [-0.2, -0.15) is 0 Å². The predicted octanol–water partition coefficient (Wildman–Crippen LogP) is 2.15. The maximum Gasteiger partial charge on any atom is 0.289 e. The number of anilines is 1. The van der Waals surface area contributed by atoms with E-state index in [4.69, 9.17) is 11.6 Å². The monoisotopic (exact) mass is 328 g/mol. The van der Waals surface area contributed by atoms with Crippen LogP contribution in [0.1, 0.15) is 5.56 Å². The van der Waals surface area contributed by atoms with E-state index in [9.17, 15) is 18.5 Å². The van der Waals surface area contributed by atoms with Crippen molar-refractivity contribution in [3.8, 4) is 0 Å². The zero-order valence-electron chi connectivity index (χ0n) is 10.6. The number of nitro benzene ring substituents is 1. The second-order valence-corrected chi connectivity index (χ2v) is 6.08. The van der Waals surface area contributed by atoms with Crippen molar-refractivity contribution in [2.24, 2.45) is 0 Å². The van der Waals surface area contributed by atoms with Gasteiger partial charge in [-0.25, -0.2) is 13.4 Å². The van der Waals surface area contributed by atoms with Crippen molar-refractivity contribution in [3.05, 3.63) is 51.4 Å². The summed E-state index contributed by atoms with van der Waals surface area (Å²) in [5, 5.41) is 10.7. The van der Waals surface area contributed by atoms with Crippen LogP contribution in [0.2, 0.25) is 5.02 Å². The van der Waals surface area contributed by atoms with Crippen molar-refractivity contribution < 1.29 is 13.3 Å². The van der Waals surface area contributed by atoms with E-state index in [1.165, 1.54) is 31.6 Å². The highest BCUT2D eigenvalue weighted by Crippen LogP contribution is 2.30. The summed E-state index contributed by atoms with van der Waals surface area (Å²) in [4.78, 5) is 17.4. The summed E-state index contributed by atoms with van der Waals surface area (Å²) in [6.45, 7) is 1.49. The predicted molar refractivity (Wildman–Crippen MR) is 75.7 cm³/mol. The molecule has 0 saturated carbocycles. The van der Waals surface area contributed by atoms with Gasteiger partial charge in [-0.05, 0) is 18.6 Å². The Labute approximate surface area is 125 Å². The third-order valence-electron chi connectivity index (χ3n) is 2.53. The highest BCUT2D eigenvalue weighted by atomic mass is 35.5. The molecule has 0 atom stereocenters. The number of benzene rings is 1. The summed E-state index contributed by atoms with van der Waals surface area (Å²) < 4.78 is 26.7. The van der Waals surface area contributed by atoms with E-state index in [1.54, 1.807) is 0 Å². The van der Waals surface area contributed by atoms with Gasteiger partial charge < -0.3 is 0 Å². The Kier molecular flexibility index (Phi) is 4.05. The van der Waals surface area contributed by atoms with Crippen LogP contribution in [-0.2, 0) is 10.0 Å². The van der Waals surface area contributed by atoms with Crippen LogP contribution < -0.4 is 4.72 Å². The number of halogens is 1. The van der Waals surface area contributed by atoms with E-state index >= 15 is 0 Å². The zero-order chi connectivity index (χ0) is 15.6. The molecule has 0 spiro atoms. The highest BCUT2D eigenvalue weighted by molar-refractivity contribution is 7.92.